The van der Waals surface area contributed by atoms with Gasteiger partial charge in [-0.2, -0.15) is 0 Å². The number of ether oxygens (including phenoxy) is 1. The number of hydrogen-bond acceptors (Lipinski definition) is 4. The molecular weight excluding hydrogens is 290 g/mol. The van der Waals surface area contributed by atoms with E-state index in [0.717, 1.165) is 28.4 Å². The van der Waals surface area contributed by atoms with Crippen LogP contribution in [0.2, 0.25) is 0 Å². The Morgan fingerprint density at radius 3 is 2.90 bits per heavy atom. The highest BCUT2D eigenvalue weighted by Crippen LogP contribution is 2.23. The van der Waals surface area contributed by atoms with Gasteiger partial charge in [-0.05, 0) is 19.1 Å². The van der Waals surface area contributed by atoms with E-state index in [0.29, 0.717) is 24.7 Å². The van der Waals surface area contributed by atoms with Gasteiger partial charge in [-0.25, -0.2) is 9.97 Å². The van der Waals surface area contributed by atoms with E-state index < -0.39 is 0 Å². The van der Waals surface area contributed by atoms with Gasteiger partial charge in [-0.15, -0.1) is 11.6 Å². The molecule has 0 spiro atoms. The van der Waals surface area contributed by atoms with Gasteiger partial charge in [0.25, 0.3) is 0 Å². The molecule has 0 fully saturated rings. The third kappa shape index (κ3) is 2.74. The van der Waals surface area contributed by atoms with Crippen molar-refractivity contribution < 1.29 is 9.15 Å². The third-order valence-electron chi connectivity index (χ3n) is 3.32. The molecule has 0 saturated carbocycles. The number of fused-ring (bicyclic) bond motifs is 1. The van der Waals surface area contributed by atoms with Crippen LogP contribution >= 0.6 is 11.6 Å². The number of aryl methyl sites for hydroxylation is 2. The number of benzene rings is 1. The smallest absolute Gasteiger partial charge is 0.214 e. The number of methoxy groups -OCH3 is 1. The maximum atomic E-state index is 5.88. The first-order valence-electron chi connectivity index (χ1n) is 6.71. The van der Waals surface area contributed by atoms with Crippen LogP contribution < -0.4 is 4.74 Å². The van der Waals surface area contributed by atoms with Gasteiger partial charge in [0, 0.05) is 18.4 Å². The highest BCUT2D eigenvalue weighted by Gasteiger charge is 2.13. The molecule has 2 aromatic heterocycles. The Morgan fingerprint density at radius 1 is 1.38 bits per heavy atom. The van der Waals surface area contributed by atoms with Crippen LogP contribution in [0, 0.1) is 6.92 Å². The molecule has 0 aliphatic rings. The van der Waals surface area contributed by atoms with E-state index in [4.69, 9.17) is 20.8 Å². The fraction of sp³-hybridized carbons (Fsp3) is 0.333. The molecule has 0 aliphatic carbocycles. The summed E-state index contributed by atoms with van der Waals surface area (Å²) in [6.45, 7) is 2.41. The molecule has 0 unspecified atom stereocenters. The lowest BCUT2D eigenvalue weighted by Crippen LogP contribution is -2.06. The SMILES string of the molecule is COc1ccc2nc(CCCl)n(Cc3ncc(C)o3)c2c1. The van der Waals surface area contributed by atoms with Crippen molar-refractivity contribution in [1.82, 2.24) is 14.5 Å². The molecule has 1 aromatic carbocycles. The predicted molar refractivity (Wildman–Crippen MR) is 81.1 cm³/mol. The molecule has 0 bridgehead atoms. The Hall–Kier alpha value is -2.01. The van der Waals surface area contributed by atoms with Crippen LogP contribution in [0.5, 0.6) is 5.75 Å². The summed E-state index contributed by atoms with van der Waals surface area (Å²) in [4.78, 5) is 8.90. The van der Waals surface area contributed by atoms with Crippen molar-refractivity contribution in [1.29, 1.82) is 0 Å². The second-order valence-corrected chi connectivity index (χ2v) is 5.15. The van der Waals surface area contributed by atoms with Crippen LogP contribution in [0.25, 0.3) is 11.0 Å². The quantitative estimate of drug-likeness (QED) is 0.679. The normalized spacial score (nSPS) is 11.2. The van der Waals surface area contributed by atoms with E-state index in [1.54, 1.807) is 13.3 Å². The van der Waals surface area contributed by atoms with Crippen molar-refractivity contribution in [2.75, 3.05) is 13.0 Å². The zero-order valence-electron chi connectivity index (χ0n) is 12.0. The van der Waals surface area contributed by atoms with Crippen LogP contribution in [0.4, 0.5) is 0 Å². The molecule has 3 aromatic rings. The second-order valence-electron chi connectivity index (χ2n) is 4.77. The van der Waals surface area contributed by atoms with E-state index in [9.17, 15) is 0 Å². The van der Waals surface area contributed by atoms with Crippen molar-refractivity contribution in [3.8, 4) is 5.75 Å². The van der Waals surface area contributed by atoms with Gasteiger partial charge in [-0.3, -0.25) is 0 Å². The average molecular weight is 306 g/mol. The number of halogens is 1. The highest BCUT2D eigenvalue weighted by atomic mass is 35.5. The third-order valence-corrected chi connectivity index (χ3v) is 3.50. The molecule has 6 heteroatoms. The summed E-state index contributed by atoms with van der Waals surface area (Å²) in [5.74, 6) is 3.69. The van der Waals surface area contributed by atoms with Crippen LogP contribution in [-0.4, -0.2) is 27.5 Å². The van der Waals surface area contributed by atoms with Gasteiger partial charge >= 0.3 is 0 Å². The Labute approximate surface area is 127 Å². The van der Waals surface area contributed by atoms with E-state index in [-0.39, 0.29) is 0 Å². The van der Waals surface area contributed by atoms with Gasteiger partial charge in [-0.1, -0.05) is 0 Å². The predicted octanol–water partition coefficient (Wildman–Crippen LogP) is 3.17. The Bertz CT molecular complexity index is 763. The first-order valence-corrected chi connectivity index (χ1v) is 7.25. The standard InChI is InChI=1S/C15H16ClN3O2/c1-10-8-17-15(21-10)9-19-13-7-11(20-2)3-4-12(13)18-14(19)5-6-16/h3-4,7-8H,5-6,9H2,1-2H3. The largest absolute Gasteiger partial charge is 0.497 e. The Kier molecular flexibility index (Phi) is 3.84. The van der Waals surface area contributed by atoms with Crippen molar-refractivity contribution in [2.24, 2.45) is 0 Å². The molecule has 110 valence electrons. The fourth-order valence-corrected chi connectivity index (χ4v) is 2.51. The molecule has 0 amide bonds. The summed E-state index contributed by atoms with van der Waals surface area (Å²) in [6, 6.07) is 5.82. The zero-order chi connectivity index (χ0) is 14.8. The summed E-state index contributed by atoms with van der Waals surface area (Å²) in [6.07, 6.45) is 2.41. The molecule has 0 N–H and O–H groups in total. The number of alkyl halides is 1. The van der Waals surface area contributed by atoms with Crippen molar-refractivity contribution >= 4 is 22.6 Å². The minimum Gasteiger partial charge on any atom is -0.497 e. The zero-order valence-corrected chi connectivity index (χ0v) is 12.7. The minimum atomic E-state index is 0.519. The first-order chi connectivity index (χ1) is 10.2. The molecule has 5 nitrogen and oxygen atoms in total. The fourth-order valence-electron chi connectivity index (χ4n) is 2.34. The second kappa shape index (κ2) is 5.77. The maximum Gasteiger partial charge on any atom is 0.214 e. The van der Waals surface area contributed by atoms with Gasteiger partial charge in [0.1, 0.15) is 23.9 Å². The highest BCUT2D eigenvalue weighted by molar-refractivity contribution is 6.17. The van der Waals surface area contributed by atoms with E-state index >= 15 is 0 Å². The van der Waals surface area contributed by atoms with Gasteiger partial charge in [0.15, 0.2) is 0 Å². The Balaban J connectivity index is 2.09. The summed E-state index contributed by atoms with van der Waals surface area (Å²) >= 11 is 5.88. The number of nitrogens with zero attached hydrogens (tertiary/aromatic N) is 3. The van der Waals surface area contributed by atoms with E-state index in [2.05, 4.69) is 14.5 Å². The molecule has 0 aliphatic heterocycles. The summed E-state index contributed by atoms with van der Waals surface area (Å²) in [5.41, 5.74) is 1.91. The lowest BCUT2D eigenvalue weighted by atomic mass is 10.3. The molecule has 0 atom stereocenters. The van der Waals surface area contributed by atoms with Gasteiger partial charge < -0.3 is 13.7 Å². The number of aromatic nitrogens is 3. The van der Waals surface area contributed by atoms with Crippen LogP contribution in [0.15, 0.2) is 28.8 Å². The number of hydrogen-bond donors (Lipinski definition) is 0. The Morgan fingerprint density at radius 2 is 2.24 bits per heavy atom. The van der Waals surface area contributed by atoms with E-state index in [1.807, 2.05) is 25.1 Å². The van der Waals surface area contributed by atoms with Crippen molar-refractivity contribution in [3.05, 3.63) is 41.9 Å². The summed E-state index contributed by atoms with van der Waals surface area (Å²) in [7, 11) is 1.65. The molecular formula is C15H16ClN3O2. The van der Waals surface area contributed by atoms with E-state index in [1.165, 1.54) is 0 Å². The summed E-state index contributed by atoms with van der Waals surface area (Å²) in [5, 5.41) is 0. The minimum absolute atomic E-state index is 0.519. The average Bonchev–Trinajstić information content (AvgIpc) is 3.04. The van der Waals surface area contributed by atoms with Gasteiger partial charge in [0.05, 0.1) is 24.3 Å². The molecule has 3 rings (SSSR count). The lowest BCUT2D eigenvalue weighted by Gasteiger charge is -2.06. The molecule has 2 heterocycles. The van der Waals surface area contributed by atoms with Crippen molar-refractivity contribution in [3.63, 3.8) is 0 Å². The number of oxazole rings is 1. The maximum absolute atomic E-state index is 5.88. The van der Waals surface area contributed by atoms with Crippen LogP contribution in [-0.2, 0) is 13.0 Å². The van der Waals surface area contributed by atoms with Crippen LogP contribution in [0.3, 0.4) is 0 Å². The number of imidazole rings is 1. The molecule has 0 radical (unpaired) electrons. The topological polar surface area (TPSA) is 53.1 Å². The van der Waals surface area contributed by atoms with Gasteiger partial charge in [0.2, 0.25) is 5.89 Å². The monoisotopic (exact) mass is 305 g/mol. The van der Waals surface area contributed by atoms with Crippen LogP contribution in [0.1, 0.15) is 17.5 Å². The lowest BCUT2D eigenvalue weighted by molar-refractivity contribution is 0.415. The first kappa shape index (κ1) is 13.9. The van der Waals surface area contributed by atoms with Crippen molar-refractivity contribution in [2.45, 2.75) is 19.9 Å². The molecule has 21 heavy (non-hydrogen) atoms. The molecule has 0 saturated heterocycles. The summed E-state index contributed by atoms with van der Waals surface area (Å²) < 4.78 is 12.9. The number of rotatable bonds is 5.